The minimum absolute atomic E-state index is 0.0925. The molecule has 0 aliphatic carbocycles. The fourth-order valence-corrected chi connectivity index (χ4v) is 2.02. The summed E-state index contributed by atoms with van der Waals surface area (Å²) in [6, 6.07) is 7.18. The summed E-state index contributed by atoms with van der Waals surface area (Å²) >= 11 is 0. The minimum atomic E-state index is -0.371. The predicted molar refractivity (Wildman–Crippen MR) is 103 cm³/mol. The predicted octanol–water partition coefficient (Wildman–Crippen LogP) is 2.06. The summed E-state index contributed by atoms with van der Waals surface area (Å²) in [6.07, 6.45) is -0.0925. The molecular formula is C18H26N4O5. The Balaban J connectivity index is 2.99. The summed E-state index contributed by atoms with van der Waals surface area (Å²) in [5.74, 6) is -0.142. The molecule has 1 aromatic carbocycles. The molecule has 9 heteroatoms. The molecule has 1 rings (SSSR count). The van der Waals surface area contributed by atoms with Crippen molar-refractivity contribution in [2.45, 2.75) is 33.5 Å². The Labute approximate surface area is 159 Å². The van der Waals surface area contributed by atoms with Crippen LogP contribution in [0.2, 0.25) is 0 Å². The second-order valence-corrected chi connectivity index (χ2v) is 5.55. The van der Waals surface area contributed by atoms with Crippen LogP contribution in [0, 0.1) is 0 Å². The fourth-order valence-electron chi connectivity index (χ4n) is 2.02. The number of amides is 1. The summed E-state index contributed by atoms with van der Waals surface area (Å²) in [6.45, 7) is 5.53. The lowest BCUT2D eigenvalue weighted by Crippen LogP contribution is -2.29. The van der Waals surface area contributed by atoms with Crippen molar-refractivity contribution in [3.63, 3.8) is 0 Å². The number of benzene rings is 1. The highest BCUT2D eigenvalue weighted by atomic mass is 16.6. The third-order valence-electron chi connectivity index (χ3n) is 3.15. The van der Waals surface area contributed by atoms with Crippen molar-refractivity contribution >= 4 is 23.2 Å². The van der Waals surface area contributed by atoms with Crippen molar-refractivity contribution in [2.24, 2.45) is 15.5 Å². The highest BCUT2D eigenvalue weighted by molar-refractivity contribution is 6.45. The zero-order valence-corrected chi connectivity index (χ0v) is 16.5. The van der Waals surface area contributed by atoms with Crippen molar-refractivity contribution in [1.82, 2.24) is 5.32 Å². The van der Waals surface area contributed by atoms with E-state index in [9.17, 15) is 4.79 Å². The van der Waals surface area contributed by atoms with Gasteiger partial charge in [0, 0.05) is 18.2 Å². The molecule has 0 aliphatic rings. The first-order valence-corrected chi connectivity index (χ1v) is 8.30. The number of nitrogens with one attached hydrogen (secondary N) is 1. The van der Waals surface area contributed by atoms with Crippen molar-refractivity contribution in [1.29, 1.82) is 0 Å². The molecule has 0 saturated carbocycles. The highest BCUT2D eigenvalue weighted by Crippen LogP contribution is 2.13. The Kier molecular flexibility index (Phi) is 9.35. The van der Waals surface area contributed by atoms with Crippen molar-refractivity contribution < 1.29 is 24.0 Å². The van der Waals surface area contributed by atoms with E-state index in [1.165, 1.54) is 21.3 Å². The van der Waals surface area contributed by atoms with E-state index in [1.54, 1.807) is 19.1 Å². The van der Waals surface area contributed by atoms with E-state index in [2.05, 4.69) is 20.8 Å². The largest absolute Gasteiger partial charge is 0.472 e. The Morgan fingerprint density at radius 2 is 1.78 bits per heavy atom. The number of oxime groups is 3. The standard InChI is InChI=1S/C18H26N4O5/c1-12(2)27-18(22-25-6)13(3)20-26-11-14-9-7-8-10-15(14)16(21-24-5)17(23)19-4/h7-10,12H,11H2,1-6H3,(H,19,23)/b20-13+,21-16-,22-18-. The van der Waals surface area contributed by atoms with Gasteiger partial charge in [0.05, 0.1) is 6.10 Å². The van der Waals surface area contributed by atoms with E-state index in [4.69, 9.17) is 19.2 Å². The molecule has 0 heterocycles. The van der Waals surface area contributed by atoms with Crippen LogP contribution in [0.15, 0.2) is 39.7 Å². The third kappa shape index (κ3) is 6.96. The second-order valence-electron chi connectivity index (χ2n) is 5.55. The molecule has 0 spiro atoms. The first-order valence-electron chi connectivity index (χ1n) is 8.30. The lowest BCUT2D eigenvalue weighted by Gasteiger charge is -2.12. The monoisotopic (exact) mass is 378 g/mol. The van der Waals surface area contributed by atoms with Gasteiger partial charge in [-0.05, 0) is 25.9 Å². The summed E-state index contributed by atoms with van der Waals surface area (Å²) < 4.78 is 5.52. The average molecular weight is 378 g/mol. The van der Waals surface area contributed by atoms with Gasteiger partial charge in [-0.25, -0.2) is 0 Å². The molecule has 1 amide bonds. The van der Waals surface area contributed by atoms with E-state index >= 15 is 0 Å². The molecule has 0 unspecified atom stereocenters. The molecule has 9 nitrogen and oxygen atoms in total. The first kappa shape index (κ1) is 21.9. The van der Waals surface area contributed by atoms with Gasteiger partial charge in [0.2, 0.25) is 0 Å². The molecule has 0 fully saturated rings. The van der Waals surface area contributed by atoms with Crippen LogP contribution in [-0.2, 0) is 30.7 Å². The maximum Gasteiger partial charge on any atom is 0.275 e. The van der Waals surface area contributed by atoms with Gasteiger partial charge >= 0.3 is 0 Å². The zero-order chi connectivity index (χ0) is 20.2. The van der Waals surface area contributed by atoms with Crippen LogP contribution in [0.1, 0.15) is 31.9 Å². The Morgan fingerprint density at radius 1 is 1.11 bits per heavy atom. The van der Waals surface area contributed by atoms with Gasteiger partial charge in [-0.15, -0.1) is 0 Å². The van der Waals surface area contributed by atoms with Gasteiger partial charge in [-0.3, -0.25) is 4.79 Å². The Hall–Kier alpha value is -3.10. The second kappa shape index (κ2) is 11.5. The number of nitrogens with zero attached hydrogens (tertiary/aromatic N) is 3. The van der Waals surface area contributed by atoms with E-state index < -0.39 is 0 Å². The summed E-state index contributed by atoms with van der Waals surface area (Å²) in [5, 5.41) is 14.1. The van der Waals surface area contributed by atoms with Crippen LogP contribution in [-0.4, -0.2) is 50.6 Å². The average Bonchev–Trinajstić information content (AvgIpc) is 2.65. The number of hydrogen-bond acceptors (Lipinski definition) is 8. The molecule has 1 aromatic rings. The normalized spacial score (nSPS) is 12.6. The van der Waals surface area contributed by atoms with Crippen LogP contribution < -0.4 is 5.32 Å². The smallest absolute Gasteiger partial charge is 0.275 e. The highest BCUT2D eigenvalue weighted by Gasteiger charge is 2.17. The molecular weight excluding hydrogens is 352 g/mol. The van der Waals surface area contributed by atoms with E-state index in [0.717, 1.165) is 0 Å². The van der Waals surface area contributed by atoms with Crippen LogP contribution >= 0.6 is 0 Å². The third-order valence-corrected chi connectivity index (χ3v) is 3.15. The molecule has 0 bridgehead atoms. The molecule has 148 valence electrons. The maximum absolute atomic E-state index is 12.1. The van der Waals surface area contributed by atoms with Crippen LogP contribution in [0.5, 0.6) is 0 Å². The lowest BCUT2D eigenvalue weighted by atomic mass is 10.0. The van der Waals surface area contributed by atoms with Crippen molar-refractivity contribution in [2.75, 3.05) is 21.3 Å². The number of likely N-dealkylation sites (N-methyl/N-ethyl adjacent to an activating group) is 1. The maximum atomic E-state index is 12.1. The van der Waals surface area contributed by atoms with Gasteiger partial charge in [-0.2, -0.15) is 0 Å². The van der Waals surface area contributed by atoms with Crippen LogP contribution in [0.4, 0.5) is 0 Å². The van der Waals surface area contributed by atoms with Gasteiger partial charge in [-0.1, -0.05) is 34.6 Å². The number of ether oxygens (including phenoxy) is 1. The molecule has 0 radical (unpaired) electrons. The molecule has 0 aliphatic heterocycles. The number of rotatable bonds is 9. The van der Waals surface area contributed by atoms with E-state index in [0.29, 0.717) is 16.8 Å². The van der Waals surface area contributed by atoms with Gasteiger partial charge < -0.3 is 24.6 Å². The first-order chi connectivity index (χ1) is 12.9. The Morgan fingerprint density at radius 3 is 2.37 bits per heavy atom. The molecule has 27 heavy (non-hydrogen) atoms. The van der Waals surface area contributed by atoms with Gasteiger partial charge in [0.25, 0.3) is 11.8 Å². The minimum Gasteiger partial charge on any atom is -0.472 e. The van der Waals surface area contributed by atoms with Crippen LogP contribution in [0.25, 0.3) is 0 Å². The topological polar surface area (TPSA) is 103 Å². The number of hydrogen-bond donors (Lipinski definition) is 1. The van der Waals surface area contributed by atoms with Gasteiger partial charge in [0.1, 0.15) is 26.5 Å². The van der Waals surface area contributed by atoms with Crippen molar-refractivity contribution in [3.05, 3.63) is 35.4 Å². The SMILES string of the molecule is CNC(=O)/C(=N\OC)c1ccccc1CO/N=C(C)/C(=N/OC)OC(C)C. The summed E-state index contributed by atoms with van der Waals surface area (Å²) in [7, 11) is 4.32. The summed E-state index contributed by atoms with van der Waals surface area (Å²) in [4.78, 5) is 27.0. The lowest BCUT2D eigenvalue weighted by molar-refractivity contribution is -0.114. The van der Waals surface area contributed by atoms with E-state index in [-0.39, 0.29) is 30.2 Å². The number of carbonyl (C=O) groups is 1. The molecule has 0 saturated heterocycles. The molecule has 1 N–H and O–H groups in total. The van der Waals surface area contributed by atoms with Crippen molar-refractivity contribution in [3.8, 4) is 0 Å². The summed E-state index contributed by atoms with van der Waals surface area (Å²) in [5.41, 5.74) is 1.85. The quantitative estimate of drug-likeness (QED) is 0.402. The zero-order valence-electron chi connectivity index (χ0n) is 16.5. The Bertz CT molecular complexity index is 713. The molecule has 0 aromatic heterocycles. The van der Waals surface area contributed by atoms with Crippen LogP contribution in [0.3, 0.4) is 0 Å². The van der Waals surface area contributed by atoms with E-state index in [1.807, 2.05) is 26.0 Å². The molecule has 0 atom stereocenters. The van der Waals surface area contributed by atoms with Gasteiger partial charge in [0.15, 0.2) is 5.71 Å². The fraction of sp³-hybridized carbons (Fsp3) is 0.444. The number of carbonyl (C=O) groups excluding carboxylic acids is 1.